The molecule has 0 amide bonds. The number of aliphatic hydroxyl groups is 1. The SMILES string of the molecule is CC1(C)C(O)CC1N1CC2(CCCCCC2)C1. The third kappa shape index (κ3) is 1.84. The van der Waals surface area contributed by atoms with Crippen molar-refractivity contribution in [1.82, 2.24) is 4.90 Å². The first-order valence-electron chi connectivity index (χ1n) is 7.46. The van der Waals surface area contributed by atoms with Gasteiger partial charge in [-0.25, -0.2) is 0 Å². The van der Waals surface area contributed by atoms with E-state index in [0.717, 1.165) is 6.42 Å². The van der Waals surface area contributed by atoms with Crippen molar-refractivity contribution in [3.05, 3.63) is 0 Å². The number of hydrogen-bond acceptors (Lipinski definition) is 2. The monoisotopic (exact) mass is 237 g/mol. The van der Waals surface area contributed by atoms with E-state index in [0.29, 0.717) is 11.5 Å². The van der Waals surface area contributed by atoms with Gasteiger partial charge in [0, 0.05) is 24.5 Å². The van der Waals surface area contributed by atoms with Gasteiger partial charge in [0.05, 0.1) is 6.10 Å². The largest absolute Gasteiger partial charge is 0.392 e. The molecule has 1 heterocycles. The second-order valence-corrected chi connectivity index (χ2v) is 7.41. The zero-order valence-electron chi connectivity index (χ0n) is 11.4. The lowest BCUT2D eigenvalue weighted by molar-refractivity contribution is -0.170. The lowest BCUT2D eigenvalue weighted by Gasteiger charge is -2.62. The van der Waals surface area contributed by atoms with Crippen LogP contribution in [0.5, 0.6) is 0 Å². The Morgan fingerprint density at radius 3 is 2.06 bits per heavy atom. The van der Waals surface area contributed by atoms with Crippen molar-refractivity contribution < 1.29 is 5.11 Å². The maximum atomic E-state index is 9.83. The van der Waals surface area contributed by atoms with Gasteiger partial charge < -0.3 is 5.11 Å². The van der Waals surface area contributed by atoms with Crippen molar-refractivity contribution in [3.8, 4) is 0 Å². The van der Waals surface area contributed by atoms with Gasteiger partial charge in [-0.2, -0.15) is 0 Å². The maximum absolute atomic E-state index is 9.83. The normalized spacial score (nSPS) is 40.4. The predicted octanol–water partition coefficient (Wildman–Crippen LogP) is 2.80. The summed E-state index contributed by atoms with van der Waals surface area (Å²) in [6.45, 7) is 7.08. The third-order valence-electron chi connectivity index (χ3n) is 5.85. The fraction of sp³-hybridized carbons (Fsp3) is 1.00. The number of nitrogens with zero attached hydrogens (tertiary/aromatic N) is 1. The molecule has 0 aromatic rings. The van der Waals surface area contributed by atoms with Crippen LogP contribution >= 0.6 is 0 Å². The van der Waals surface area contributed by atoms with E-state index < -0.39 is 0 Å². The van der Waals surface area contributed by atoms with Crippen LogP contribution in [0.3, 0.4) is 0 Å². The Morgan fingerprint density at radius 2 is 1.59 bits per heavy atom. The highest BCUT2D eigenvalue weighted by molar-refractivity contribution is 5.08. The fourth-order valence-electron chi connectivity index (χ4n) is 4.33. The zero-order valence-corrected chi connectivity index (χ0v) is 11.4. The summed E-state index contributed by atoms with van der Waals surface area (Å²) < 4.78 is 0. The van der Waals surface area contributed by atoms with Crippen molar-refractivity contribution in [2.24, 2.45) is 10.8 Å². The molecule has 2 nitrogen and oxygen atoms in total. The minimum absolute atomic E-state index is 0.0711. The number of likely N-dealkylation sites (tertiary alicyclic amines) is 1. The maximum Gasteiger partial charge on any atom is 0.0621 e. The van der Waals surface area contributed by atoms with Crippen molar-refractivity contribution in [3.63, 3.8) is 0 Å². The molecule has 1 spiro atoms. The van der Waals surface area contributed by atoms with Crippen molar-refractivity contribution >= 4 is 0 Å². The van der Waals surface area contributed by atoms with Gasteiger partial charge in [-0.3, -0.25) is 4.90 Å². The highest BCUT2D eigenvalue weighted by Crippen LogP contribution is 2.51. The Labute approximate surface area is 105 Å². The lowest BCUT2D eigenvalue weighted by atomic mass is 9.61. The summed E-state index contributed by atoms with van der Waals surface area (Å²) >= 11 is 0. The Hall–Kier alpha value is -0.0800. The molecule has 0 radical (unpaired) electrons. The first-order valence-corrected chi connectivity index (χ1v) is 7.46. The van der Waals surface area contributed by atoms with E-state index in [2.05, 4.69) is 18.7 Å². The minimum Gasteiger partial charge on any atom is -0.392 e. The molecule has 0 aromatic carbocycles. The van der Waals surface area contributed by atoms with Crippen molar-refractivity contribution in [1.29, 1.82) is 0 Å². The molecule has 1 saturated heterocycles. The zero-order chi connectivity index (χ0) is 12.1. The van der Waals surface area contributed by atoms with Crippen LogP contribution in [0, 0.1) is 10.8 Å². The molecule has 2 aliphatic carbocycles. The quantitative estimate of drug-likeness (QED) is 0.758. The van der Waals surface area contributed by atoms with E-state index in [1.165, 1.54) is 51.6 Å². The second kappa shape index (κ2) is 3.96. The molecule has 2 saturated carbocycles. The van der Waals surface area contributed by atoms with Gasteiger partial charge in [-0.05, 0) is 24.7 Å². The van der Waals surface area contributed by atoms with Gasteiger partial charge in [-0.1, -0.05) is 39.5 Å². The molecule has 1 N–H and O–H groups in total. The number of rotatable bonds is 1. The van der Waals surface area contributed by atoms with Gasteiger partial charge in [0.2, 0.25) is 0 Å². The highest BCUT2D eigenvalue weighted by Gasteiger charge is 2.55. The molecule has 3 rings (SSSR count). The summed E-state index contributed by atoms with van der Waals surface area (Å²) in [4.78, 5) is 2.65. The highest BCUT2D eigenvalue weighted by atomic mass is 16.3. The van der Waals surface area contributed by atoms with E-state index in [9.17, 15) is 5.11 Å². The number of aliphatic hydroxyl groups excluding tert-OH is 1. The van der Waals surface area contributed by atoms with Crippen LogP contribution in [0.25, 0.3) is 0 Å². The van der Waals surface area contributed by atoms with Crippen LogP contribution in [0.1, 0.15) is 58.8 Å². The van der Waals surface area contributed by atoms with E-state index in [-0.39, 0.29) is 11.5 Å². The number of hydrogen-bond donors (Lipinski definition) is 1. The predicted molar refractivity (Wildman–Crippen MR) is 69.9 cm³/mol. The smallest absolute Gasteiger partial charge is 0.0621 e. The minimum atomic E-state index is -0.0711. The second-order valence-electron chi connectivity index (χ2n) is 7.41. The van der Waals surface area contributed by atoms with E-state index >= 15 is 0 Å². The Bertz CT molecular complexity index is 283. The van der Waals surface area contributed by atoms with E-state index in [1.807, 2.05) is 0 Å². The summed E-state index contributed by atoms with van der Waals surface area (Å²) in [5.41, 5.74) is 0.805. The molecule has 2 heteroatoms. The topological polar surface area (TPSA) is 23.5 Å². The van der Waals surface area contributed by atoms with Crippen molar-refractivity contribution in [2.45, 2.75) is 70.9 Å². The Morgan fingerprint density at radius 1 is 1.00 bits per heavy atom. The summed E-state index contributed by atoms with van der Waals surface area (Å²) in [6, 6.07) is 0.645. The lowest BCUT2D eigenvalue weighted by Crippen LogP contribution is -2.69. The fourth-order valence-corrected chi connectivity index (χ4v) is 4.33. The third-order valence-corrected chi connectivity index (χ3v) is 5.85. The Kier molecular flexibility index (Phi) is 2.79. The molecule has 0 aromatic heterocycles. The van der Waals surface area contributed by atoms with Gasteiger partial charge in [0.25, 0.3) is 0 Å². The molecule has 3 fully saturated rings. The van der Waals surface area contributed by atoms with Gasteiger partial charge >= 0.3 is 0 Å². The average molecular weight is 237 g/mol. The molecule has 17 heavy (non-hydrogen) atoms. The summed E-state index contributed by atoms with van der Waals surface area (Å²) in [7, 11) is 0. The van der Waals surface area contributed by atoms with Gasteiger partial charge in [0.1, 0.15) is 0 Å². The average Bonchev–Trinajstić information content (AvgIpc) is 2.49. The molecule has 98 valence electrons. The van der Waals surface area contributed by atoms with Crippen LogP contribution in [0.15, 0.2) is 0 Å². The van der Waals surface area contributed by atoms with Crippen LogP contribution in [0.2, 0.25) is 0 Å². The first kappa shape index (κ1) is 12.0. The van der Waals surface area contributed by atoms with Crippen LogP contribution in [-0.4, -0.2) is 35.2 Å². The molecule has 3 aliphatic rings. The molecule has 1 aliphatic heterocycles. The Balaban J connectivity index is 1.57. The van der Waals surface area contributed by atoms with E-state index in [1.54, 1.807) is 0 Å². The molecule has 2 atom stereocenters. The van der Waals surface area contributed by atoms with Gasteiger partial charge in [0.15, 0.2) is 0 Å². The molecule has 0 bridgehead atoms. The summed E-state index contributed by atoms with van der Waals surface area (Å²) in [5.74, 6) is 0. The first-order chi connectivity index (χ1) is 8.04. The summed E-state index contributed by atoms with van der Waals surface area (Å²) in [6.07, 6.45) is 9.65. The molecular weight excluding hydrogens is 210 g/mol. The van der Waals surface area contributed by atoms with Crippen LogP contribution in [-0.2, 0) is 0 Å². The van der Waals surface area contributed by atoms with Crippen molar-refractivity contribution in [2.75, 3.05) is 13.1 Å². The summed E-state index contributed by atoms with van der Waals surface area (Å²) in [5, 5.41) is 9.83. The molecular formula is C15H27NO. The van der Waals surface area contributed by atoms with Crippen LogP contribution in [0.4, 0.5) is 0 Å². The molecule has 2 unspecified atom stereocenters. The standard InChI is InChI=1S/C15H27NO/c1-14(2)12(9-13(14)17)16-10-15(11-16)7-5-3-4-6-8-15/h12-13,17H,3-11H2,1-2H3. The van der Waals surface area contributed by atoms with E-state index in [4.69, 9.17) is 0 Å². The van der Waals surface area contributed by atoms with Gasteiger partial charge in [-0.15, -0.1) is 0 Å². The van der Waals surface area contributed by atoms with Crippen LogP contribution < -0.4 is 0 Å².